The van der Waals surface area contributed by atoms with Gasteiger partial charge in [-0.05, 0) is 72.2 Å². The Balaban J connectivity index is 1.97. The molecule has 132 valence electrons. The van der Waals surface area contributed by atoms with Crippen molar-refractivity contribution in [3.05, 3.63) is 58.3 Å². The molecule has 0 spiro atoms. The molecule has 2 aromatic carbocycles. The van der Waals surface area contributed by atoms with Crippen LogP contribution in [0.25, 0.3) is 0 Å². The molecule has 2 aromatic rings. The summed E-state index contributed by atoms with van der Waals surface area (Å²) in [5, 5.41) is 5.41. The first kappa shape index (κ1) is 18.9. The van der Waals surface area contributed by atoms with Crippen molar-refractivity contribution in [2.75, 3.05) is 11.9 Å². The number of halogens is 2. The summed E-state index contributed by atoms with van der Waals surface area (Å²) in [6.45, 7) is 3.98. The number of rotatable bonds is 6. The van der Waals surface area contributed by atoms with Gasteiger partial charge in [-0.2, -0.15) is 0 Å². The van der Waals surface area contributed by atoms with Crippen molar-refractivity contribution in [1.29, 1.82) is 0 Å². The molecule has 0 saturated heterocycles. The minimum atomic E-state index is -0.787. The van der Waals surface area contributed by atoms with Gasteiger partial charge in [-0.3, -0.25) is 9.59 Å². The summed E-state index contributed by atoms with van der Waals surface area (Å²) in [7, 11) is 0. The fraction of sp³-hybridized carbons (Fsp3) is 0.222. The number of anilines is 1. The van der Waals surface area contributed by atoms with Crippen molar-refractivity contribution in [1.82, 2.24) is 5.32 Å². The van der Waals surface area contributed by atoms with Crippen molar-refractivity contribution in [3.63, 3.8) is 0 Å². The van der Waals surface area contributed by atoms with Crippen LogP contribution in [0.4, 0.5) is 10.1 Å². The minimum Gasteiger partial charge on any atom is -0.480 e. The van der Waals surface area contributed by atoms with Crippen LogP contribution in [0, 0.1) is 5.82 Å². The van der Waals surface area contributed by atoms with Crippen LogP contribution < -0.4 is 15.4 Å². The molecule has 2 rings (SSSR count). The van der Waals surface area contributed by atoms with Crippen LogP contribution in [0.15, 0.2) is 46.9 Å². The van der Waals surface area contributed by atoms with Crippen LogP contribution in [-0.2, 0) is 4.79 Å². The third kappa shape index (κ3) is 5.29. The van der Waals surface area contributed by atoms with Crippen molar-refractivity contribution in [3.8, 4) is 5.75 Å². The van der Waals surface area contributed by atoms with Crippen molar-refractivity contribution >= 4 is 33.4 Å². The Morgan fingerprint density at radius 3 is 2.48 bits per heavy atom. The quantitative estimate of drug-likeness (QED) is 0.764. The summed E-state index contributed by atoms with van der Waals surface area (Å²) in [4.78, 5) is 23.9. The van der Waals surface area contributed by atoms with Gasteiger partial charge in [-0.25, -0.2) is 4.39 Å². The van der Waals surface area contributed by atoms with E-state index in [4.69, 9.17) is 4.74 Å². The van der Waals surface area contributed by atoms with E-state index in [1.165, 1.54) is 18.2 Å². The van der Waals surface area contributed by atoms with Crippen LogP contribution in [0.5, 0.6) is 5.75 Å². The molecule has 2 N–H and O–H groups in total. The predicted octanol–water partition coefficient (Wildman–Crippen LogP) is 3.74. The zero-order valence-corrected chi connectivity index (χ0v) is 15.4. The second-order valence-electron chi connectivity index (χ2n) is 5.26. The Labute approximate surface area is 153 Å². The lowest BCUT2D eigenvalue weighted by Gasteiger charge is -2.16. The molecule has 1 unspecified atom stereocenters. The van der Waals surface area contributed by atoms with Gasteiger partial charge in [0.15, 0.2) is 6.10 Å². The van der Waals surface area contributed by atoms with Gasteiger partial charge in [0, 0.05) is 17.8 Å². The van der Waals surface area contributed by atoms with Gasteiger partial charge < -0.3 is 15.4 Å². The zero-order chi connectivity index (χ0) is 18.4. The average molecular weight is 409 g/mol. The molecule has 0 saturated carbocycles. The minimum absolute atomic E-state index is 0.168. The highest BCUT2D eigenvalue weighted by atomic mass is 79.9. The first-order valence-corrected chi connectivity index (χ1v) is 8.51. The van der Waals surface area contributed by atoms with Gasteiger partial charge in [0.25, 0.3) is 11.8 Å². The Kier molecular flexibility index (Phi) is 6.52. The van der Waals surface area contributed by atoms with E-state index in [0.717, 1.165) is 0 Å². The normalized spacial score (nSPS) is 11.5. The molecule has 1 atom stereocenters. The molecule has 0 bridgehead atoms. The number of hydrogen-bond acceptors (Lipinski definition) is 3. The van der Waals surface area contributed by atoms with Crippen molar-refractivity contribution in [2.45, 2.75) is 20.0 Å². The number of carbonyl (C=O) groups is 2. The number of amides is 2. The smallest absolute Gasteiger partial charge is 0.265 e. The molecular formula is C18H18BrFN2O3. The van der Waals surface area contributed by atoms with Gasteiger partial charge in [-0.1, -0.05) is 0 Å². The van der Waals surface area contributed by atoms with Gasteiger partial charge in [0.05, 0.1) is 4.47 Å². The first-order valence-electron chi connectivity index (χ1n) is 7.71. The number of carbonyl (C=O) groups excluding carboxylic acids is 2. The summed E-state index contributed by atoms with van der Waals surface area (Å²) in [5.74, 6) is -0.556. The Morgan fingerprint density at radius 1 is 1.20 bits per heavy atom. The van der Waals surface area contributed by atoms with E-state index >= 15 is 0 Å². The van der Waals surface area contributed by atoms with E-state index in [1.807, 2.05) is 6.92 Å². The molecule has 0 fully saturated rings. The maximum Gasteiger partial charge on any atom is 0.265 e. The Hall–Kier alpha value is -2.41. The lowest BCUT2D eigenvalue weighted by molar-refractivity contribution is -0.122. The number of ether oxygens (including phenoxy) is 1. The van der Waals surface area contributed by atoms with Gasteiger partial charge in [-0.15, -0.1) is 0 Å². The van der Waals surface area contributed by atoms with Crippen LogP contribution in [0.1, 0.15) is 24.2 Å². The van der Waals surface area contributed by atoms with E-state index in [1.54, 1.807) is 31.2 Å². The summed E-state index contributed by atoms with van der Waals surface area (Å²) in [6.07, 6.45) is -0.787. The molecule has 0 radical (unpaired) electrons. The summed E-state index contributed by atoms with van der Waals surface area (Å²) < 4.78 is 19.0. The zero-order valence-electron chi connectivity index (χ0n) is 13.8. The van der Waals surface area contributed by atoms with E-state index in [2.05, 4.69) is 26.6 Å². The highest BCUT2D eigenvalue weighted by Crippen LogP contribution is 2.26. The molecule has 0 aliphatic carbocycles. The molecule has 0 aromatic heterocycles. The number of benzene rings is 2. The fourth-order valence-corrected chi connectivity index (χ4v) is 2.47. The second-order valence-corrected chi connectivity index (χ2v) is 6.12. The topological polar surface area (TPSA) is 67.4 Å². The second kappa shape index (κ2) is 8.62. The first-order chi connectivity index (χ1) is 11.9. The van der Waals surface area contributed by atoms with Crippen LogP contribution in [0.3, 0.4) is 0 Å². The standard InChI is InChI=1S/C18H18BrFN2O3/c1-3-21-18(24)12-4-7-14(8-5-12)22-17(23)11(2)25-16-9-6-13(20)10-15(16)19/h4-11H,3H2,1-2H3,(H,21,24)(H,22,23). The molecule has 0 aliphatic rings. The van der Waals surface area contributed by atoms with Gasteiger partial charge in [0.2, 0.25) is 0 Å². The molecule has 5 nitrogen and oxygen atoms in total. The molecule has 7 heteroatoms. The Bertz CT molecular complexity index is 765. The maximum atomic E-state index is 13.1. The van der Waals surface area contributed by atoms with Gasteiger partial charge >= 0.3 is 0 Å². The Morgan fingerprint density at radius 2 is 1.88 bits per heavy atom. The van der Waals surface area contributed by atoms with Crippen molar-refractivity contribution < 1.29 is 18.7 Å². The lowest BCUT2D eigenvalue weighted by Crippen LogP contribution is -2.30. The van der Waals surface area contributed by atoms with Gasteiger partial charge in [0.1, 0.15) is 11.6 Å². The number of nitrogens with one attached hydrogen (secondary N) is 2. The highest BCUT2D eigenvalue weighted by molar-refractivity contribution is 9.10. The average Bonchev–Trinajstić information content (AvgIpc) is 2.58. The molecular weight excluding hydrogens is 391 g/mol. The summed E-state index contributed by atoms with van der Waals surface area (Å²) in [6, 6.07) is 10.5. The summed E-state index contributed by atoms with van der Waals surface area (Å²) >= 11 is 3.19. The SMILES string of the molecule is CCNC(=O)c1ccc(NC(=O)C(C)Oc2ccc(F)cc2Br)cc1. The largest absolute Gasteiger partial charge is 0.480 e. The fourth-order valence-electron chi connectivity index (χ4n) is 2.03. The maximum absolute atomic E-state index is 13.1. The predicted molar refractivity (Wildman–Crippen MR) is 97.3 cm³/mol. The summed E-state index contributed by atoms with van der Waals surface area (Å²) in [5.41, 5.74) is 1.06. The monoisotopic (exact) mass is 408 g/mol. The van der Waals surface area contributed by atoms with Crippen LogP contribution in [0.2, 0.25) is 0 Å². The lowest BCUT2D eigenvalue weighted by atomic mass is 10.2. The van der Waals surface area contributed by atoms with Crippen LogP contribution >= 0.6 is 15.9 Å². The van der Waals surface area contributed by atoms with E-state index in [-0.39, 0.29) is 11.8 Å². The third-order valence-electron chi connectivity index (χ3n) is 3.32. The molecule has 0 aliphatic heterocycles. The molecule has 2 amide bonds. The highest BCUT2D eigenvalue weighted by Gasteiger charge is 2.16. The molecule has 0 heterocycles. The molecule has 25 heavy (non-hydrogen) atoms. The van der Waals surface area contributed by atoms with Crippen LogP contribution in [-0.4, -0.2) is 24.5 Å². The van der Waals surface area contributed by atoms with E-state index < -0.39 is 11.9 Å². The van der Waals surface area contributed by atoms with Crippen molar-refractivity contribution in [2.24, 2.45) is 0 Å². The number of hydrogen-bond donors (Lipinski definition) is 2. The third-order valence-corrected chi connectivity index (χ3v) is 3.94. The van der Waals surface area contributed by atoms with E-state index in [0.29, 0.717) is 28.0 Å². The van der Waals surface area contributed by atoms with E-state index in [9.17, 15) is 14.0 Å².